The molecule has 0 bridgehead atoms. The molecule has 0 fully saturated rings. The van der Waals surface area contributed by atoms with Crippen molar-refractivity contribution in [1.29, 1.82) is 0 Å². The number of rotatable bonds is 1. The maximum absolute atomic E-state index is 4.11. The van der Waals surface area contributed by atoms with Crippen LogP contribution >= 0.6 is 15.9 Å². The summed E-state index contributed by atoms with van der Waals surface area (Å²) in [6.45, 7) is 2.05. The Hall–Kier alpha value is -0.960. The van der Waals surface area contributed by atoms with Crippen molar-refractivity contribution in [3.8, 4) is 0 Å². The number of halogens is 1. The lowest BCUT2D eigenvalue weighted by Crippen LogP contribution is -1.93. The summed E-state index contributed by atoms with van der Waals surface area (Å²) in [5.41, 5.74) is 0.998. The van der Waals surface area contributed by atoms with Crippen LogP contribution in [0.5, 0.6) is 0 Å². The van der Waals surface area contributed by atoms with Crippen molar-refractivity contribution in [2.75, 3.05) is 0 Å². The third-order valence-corrected chi connectivity index (χ3v) is 2.41. The number of nitrogens with zero attached hydrogens (tertiary/aromatic N) is 2. The van der Waals surface area contributed by atoms with Gasteiger partial charge >= 0.3 is 0 Å². The summed E-state index contributed by atoms with van der Waals surface area (Å²) in [6, 6.07) is 8.13. The second kappa shape index (κ2) is 3.42. The number of benzene rings is 1. The molecule has 0 aliphatic carbocycles. The van der Waals surface area contributed by atoms with E-state index in [2.05, 4.69) is 39.1 Å². The van der Waals surface area contributed by atoms with Gasteiger partial charge in [-0.3, -0.25) is 0 Å². The summed E-state index contributed by atoms with van der Waals surface area (Å²) in [7, 11) is 0. The molecule has 2 aromatic rings. The molecule has 2 rings (SSSR count). The van der Waals surface area contributed by atoms with Gasteiger partial charge in [-0.05, 0) is 6.92 Å². The molecule has 0 spiro atoms. The van der Waals surface area contributed by atoms with E-state index < -0.39 is 0 Å². The van der Waals surface area contributed by atoms with Crippen molar-refractivity contribution >= 4 is 26.7 Å². The highest BCUT2D eigenvalue weighted by Crippen LogP contribution is 2.25. The van der Waals surface area contributed by atoms with E-state index in [1.54, 1.807) is 6.20 Å². The zero-order valence-corrected chi connectivity index (χ0v) is 8.82. The Morgan fingerprint density at radius 3 is 2.85 bits per heavy atom. The molecule has 0 amide bonds. The second-order valence-corrected chi connectivity index (χ2v) is 4.31. The maximum Gasteiger partial charge on any atom is 0.0842 e. The molecule has 0 saturated carbocycles. The van der Waals surface area contributed by atoms with Gasteiger partial charge in [-0.25, -0.2) is 0 Å². The minimum atomic E-state index is 0.242. The summed E-state index contributed by atoms with van der Waals surface area (Å²) < 4.78 is 0. The van der Waals surface area contributed by atoms with Crippen molar-refractivity contribution in [1.82, 2.24) is 10.2 Å². The first-order valence-corrected chi connectivity index (χ1v) is 5.05. The highest BCUT2D eigenvalue weighted by atomic mass is 79.9. The maximum atomic E-state index is 4.11. The Labute approximate surface area is 85.1 Å². The van der Waals surface area contributed by atoms with E-state index >= 15 is 0 Å². The Bertz CT molecular complexity index is 421. The molecule has 0 radical (unpaired) electrons. The molecule has 0 aliphatic rings. The van der Waals surface area contributed by atoms with E-state index in [9.17, 15) is 0 Å². The summed E-state index contributed by atoms with van der Waals surface area (Å²) in [5.74, 6) is 0. The van der Waals surface area contributed by atoms with E-state index in [0.29, 0.717) is 0 Å². The van der Waals surface area contributed by atoms with Crippen LogP contribution in [-0.2, 0) is 0 Å². The predicted octanol–water partition coefficient (Wildman–Crippen LogP) is 3.09. The van der Waals surface area contributed by atoms with Crippen LogP contribution in [0.3, 0.4) is 0 Å². The quantitative estimate of drug-likeness (QED) is 0.712. The lowest BCUT2D eigenvalue weighted by molar-refractivity contribution is 0.934. The standard InChI is InChI=1S/C10H9BrN2/c1-7(11)10-9-5-3-2-4-8(9)6-12-13-10/h2-7H,1H3. The average Bonchev–Trinajstić information content (AvgIpc) is 2.17. The molecule has 66 valence electrons. The van der Waals surface area contributed by atoms with Crippen molar-refractivity contribution < 1.29 is 0 Å². The second-order valence-electron chi connectivity index (χ2n) is 2.93. The molecule has 0 saturated heterocycles. The number of alkyl halides is 1. The van der Waals surface area contributed by atoms with Crippen LogP contribution in [0.4, 0.5) is 0 Å². The number of aromatic nitrogens is 2. The van der Waals surface area contributed by atoms with E-state index in [0.717, 1.165) is 11.1 Å². The highest BCUT2D eigenvalue weighted by Gasteiger charge is 2.07. The third-order valence-electron chi connectivity index (χ3n) is 1.98. The van der Waals surface area contributed by atoms with Crippen molar-refractivity contribution in [3.63, 3.8) is 0 Å². The van der Waals surface area contributed by atoms with Gasteiger partial charge < -0.3 is 0 Å². The normalized spacial score (nSPS) is 13.1. The average molecular weight is 237 g/mol. The summed E-state index contributed by atoms with van der Waals surface area (Å²) >= 11 is 3.50. The molecule has 0 aliphatic heterocycles. The fourth-order valence-corrected chi connectivity index (χ4v) is 1.68. The van der Waals surface area contributed by atoms with Gasteiger partial charge in [0.25, 0.3) is 0 Å². The van der Waals surface area contributed by atoms with Crippen LogP contribution in [0, 0.1) is 0 Å². The van der Waals surface area contributed by atoms with Gasteiger partial charge in [0.15, 0.2) is 0 Å². The molecule has 1 aromatic heterocycles. The molecule has 1 aromatic carbocycles. The van der Waals surface area contributed by atoms with Crippen molar-refractivity contribution in [2.45, 2.75) is 11.8 Å². The van der Waals surface area contributed by atoms with Gasteiger partial charge in [0.05, 0.1) is 16.7 Å². The van der Waals surface area contributed by atoms with Gasteiger partial charge in [0.1, 0.15) is 0 Å². The molecule has 1 heterocycles. The first kappa shape index (κ1) is 8.63. The van der Waals surface area contributed by atoms with Gasteiger partial charge in [-0.1, -0.05) is 40.2 Å². The molecule has 2 nitrogen and oxygen atoms in total. The first-order chi connectivity index (χ1) is 6.29. The fourth-order valence-electron chi connectivity index (χ4n) is 1.34. The molecular formula is C10H9BrN2. The molecule has 1 atom stereocenters. The predicted molar refractivity (Wildman–Crippen MR) is 56.9 cm³/mol. The van der Waals surface area contributed by atoms with Gasteiger partial charge in [-0.2, -0.15) is 10.2 Å². The Balaban J connectivity index is 2.76. The topological polar surface area (TPSA) is 25.8 Å². The first-order valence-electron chi connectivity index (χ1n) is 4.13. The number of hydrogen-bond acceptors (Lipinski definition) is 2. The Morgan fingerprint density at radius 2 is 2.08 bits per heavy atom. The van der Waals surface area contributed by atoms with E-state index in [1.165, 1.54) is 5.39 Å². The van der Waals surface area contributed by atoms with Crippen LogP contribution in [0.15, 0.2) is 30.5 Å². The molecule has 0 N–H and O–H groups in total. The fraction of sp³-hybridized carbons (Fsp3) is 0.200. The number of hydrogen-bond donors (Lipinski definition) is 0. The Morgan fingerprint density at radius 1 is 1.31 bits per heavy atom. The molecule has 1 unspecified atom stereocenters. The van der Waals surface area contributed by atoms with Crippen molar-refractivity contribution in [3.05, 3.63) is 36.2 Å². The highest BCUT2D eigenvalue weighted by molar-refractivity contribution is 9.09. The third kappa shape index (κ3) is 1.56. The minimum absolute atomic E-state index is 0.242. The monoisotopic (exact) mass is 236 g/mol. The van der Waals surface area contributed by atoms with Crippen LogP contribution in [-0.4, -0.2) is 10.2 Å². The summed E-state index contributed by atoms with van der Waals surface area (Å²) in [5, 5.41) is 10.4. The zero-order chi connectivity index (χ0) is 9.26. The summed E-state index contributed by atoms with van der Waals surface area (Å²) in [4.78, 5) is 0.242. The van der Waals surface area contributed by atoms with Gasteiger partial charge in [0.2, 0.25) is 0 Å². The Kier molecular flexibility index (Phi) is 2.27. The summed E-state index contributed by atoms with van der Waals surface area (Å²) in [6.07, 6.45) is 1.79. The van der Waals surface area contributed by atoms with E-state index in [-0.39, 0.29) is 4.83 Å². The van der Waals surface area contributed by atoms with Crippen LogP contribution in [0.25, 0.3) is 10.8 Å². The lowest BCUT2D eigenvalue weighted by Gasteiger charge is -2.05. The van der Waals surface area contributed by atoms with Gasteiger partial charge in [-0.15, -0.1) is 0 Å². The van der Waals surface area contributed by atoms with Crippen LogP contribution in [0.1, 0.15) is 17.4 Å². The number of fused-ring (bicyclic) bond motifs is 1. The molecule has 13 heavy (non-hydrogen) atoms. The van der Waals surface area contributed by atoms with Crippen molar-refractivity contribution in [2.24, 2.45) is 0 Å². The lowest BCUT2D eigenvalue weighted by atomic mass is 10.1. The van der Waals surface area contributed by atoms with E-state index in [4.69, 9.17) is 0 Å². The van der Waals surface area contributed by atoms with Crippen LogP contribution < -0.4 is 0 Å². The minimum Gasteiger partial charge on any atom is -0.158 e. The zero-order valence-electron chi connectivity index (χ0n) is 7.24. The molecular weight excluding hydrogens is 228 g/mol. The SMILES string of the molecule is CC(Br)c1nncc2ccccc12. The molecule has 3 heteroatoms. The smallest absolute Gasteiger partial charge is 0.0842 e. The van der Waals surface area contributed by atoms with E-state index in [1.807, 2.05) is 18.2 Å². The van der Waals surface area contributed by atoms with Crippen LogP contribution in [0.2, 0.25) is 0 Å². The van der Waals surface area contributed by atoms with Gasteiger partial charge in [0, 0.05) is 10.8 Å². The largest absolute Gasteiger partial charge is 0.158 e.